The number of hydrogen-bond acceptors (Lipinski definition) is 1. The highest BCUT2D eigenvalue weighted by Gasteiger charge is 1.72. The van der Waals surface area contributed by atoms with E-state index in [0.717, 1.165) is 0 Å². The highest BCUT2D eigenvalue weighted by Crippen LogP contribution is 1.92. The number of benzene rings is 1. The largest absolute Gasteiger partial charge is 0.405 e. The van der Waals surface area contributed by atoms with Gasteiger partial charge in [-0.05, 0) is 33.0 Å². The van der Waals surface area contributed by atoms with Gasteiger partial charge in [0.25, 0.3) is 0 Å². The van der Waals surface area contributed by atoms with Gasteiger partial charge in [0.15, 0.2) is 0 Å². The molecule has 0 saturated heterocycles. The summed E-state index contributed by atoms with van der Waals surface area (Å²) in [5.41, 5.74) is 7.60. The minimum atomic E-state index is 1.20. The summed E-state index contributed by atoms with van der Waals surface area (Å²) in [6.07, 6.45) is 5.40. The Kier molecular flexibility index (Phi) is 7.24. The van der Waals surface area contributed by atoms with Crippen LogP contribution in [0.25, 0.3) is 0 Å². The van der Waals surface area contributed by atoms with Crippen molar-refractivity contribution in [1.29, 1.82) is 0 Å². The Balaban J connectivity index is 0.000000241. The van der Waals surface area contributed by atoms with Gasteiger partial charge in [0.2, 0.25) is 0 Å². The minimum absolute atomic E-state index is 1.20. The van der Waals surface area contributed by atoms with E-state index in [1.54, 1.807) is 0 Å². The van der Waals surface area contributed by atoms with E-state index in [4.69, 9.17) is 5.73 Å². The molecule has 0 spiro atoms. The Morgan fingerprint density at radius 1 is 1.21 bits per heavy atom. The van der Waals surface area contributed by atoms with Crippen molar-refractivity contribution in [3.63, 3.8) is 0 Å². The van der Waals surface area contributed by atoms with E-state index in [-0.39, 0.29) is 0 Å². The van der Waals surface area contributed by atoms with Crippen LogP contribution in [-0.4, -0.2) is 0 Å². The van der Waals surface area contributed by atoms with Crippen LogP contribution in [0.2, 0.25) is 0 Å². The molecule has 76 valence electrons. The first kappa shape index (κ1) is 12.5. The zero-order valence-corrected chi connectivity index (χ0v) is 9.20. The van der Waals surface area contributed by atoms with Crippen molar-refractivity contribution in [1.82, 2.24) is 0 Å². The summed E-state index contributed by atoms with van der Waals surface area (Å²) in [6, 6.07) is 10.3. The average molecular weight is 189 g/mol. The predicted octanol–water partition coefficient (Wildman–Crippen LogP) is 3.42. The lowest BCUT2D eigenvalue weighted by Gasteiger charge is -1.82. The molecule has 1 aromatic rings. The molecule has 1 nitrogen and oxygen atoms in total. The number of nitrogens with two attached hydrogens (primary N) is 1. The summed E-state index contributed by atoms with van der Waals surface area (Å²) in [6.45, 7) is 6.07. The summed E-state index contributed by atoms with van der Waals surface area (Å²) in [5, 5.41) is 0. The molecule has 0 aliphatic heterocycles. The molecule has 0 aliphatic carbocycles. The lowest BCUT2D eigenvalue weighted by molar-refractivity contribution is 1.45. The average Bonchev–Trinajstić information content (AvgIpc) is 2.20. The predicted molar refractivity (Wildman–Crippen MR) is 63.9 cm³/mol. The molecule has 0 heterocycles. The number of aryl methyl sites for hydroxylation is 1. The number of hydrogen-bond donors (Lipinski definition) is 1. The van der Waals surface area contributed by atoms with E-state index in [1.165, 1.54) is 17.3 Å². The van der Waals surface area contributed by atoms with Gasteiger partial charge in [-0.25, -0.2) is 0 Å². The zero-order chi connectivity index (χ0) is 10.8. The van der Waals surface area contributed by atoms with Crippen LogP contribution in [0.15, 0.2) is 54.3 Å². The summed E-state index contributed by atoms with van der Waals surface area (Å²) in [5.74, 6) is 0. The van der Waals surface area contributed by atoms with E-state index in [2.05, 4.69) is 19.1 Å². The second-order valence-corrected chi connectivity index (χ2v) is 3.05. The first-order valence-corrected chi connectivity index (χ1v) is 4.73. The molecule has 0 bridgehead atoms. The van der Waals surface area contributed by atoms with Gasteiger partial charge in [-0.2, -0.15) is 0 Å². The zero-order valence-electron chi connectivity index (χ0n) is 9.20. The van der Waals surface area contributed by atoms with Gasteiger partial charge < -0.3 is 5.73 Å². The molecule has 2 N–H and O–H groups in total. The van der Waals surface area contributed by atoms with E-state index < -0.39 is 0 Å². The van der Waals surface area contributed by atoms with Crippen LogP contribution in [0.5, 0.6) is 0 Å². The SMILES string of the molecule is C/C=C(C)\C=C/N.Cc1ccccc1. The minimum Gasteiger partial charge on any atom is -0.405 e. The van der Waals surface area contributed by atoms with Gasteiger partial charge in [0.1, 0.15) is 0 Å². The quantitative estimate of drug-likeness (QED) is 0.673. The monoisotopic (exact) mass is 189 g/mol. The maximum atomic E-state index is 5.08. The van der Waals surface area contributed by atoms with Crippen molar-refractivity contribution < 1.29 is 0 Å². The van der Waals surface area contributed by atoms with E-state index in [1.807, 2.05) is 44.2 Å². The Hall–Kier alpha value is -1.50. The summed E-state index contributed by atoms with van der Waals surface area (Å²) >= 11 is 0. The Labute approximate surface area is 87.0 Å². The molecule has 0 radical (unpaired) electrons. The number of allylic oxidation sites excluding steroid dienone is 3. The highest BCUT2D eigenvalue weighted by atomic mass is 14.5. The van der Waals surface area contributed by atoms with Crippen molar-refractivity contribution >= 4 is 0 Å². The van der Waals surface area contributed by atoms with Crippen LogP contribution in [0, 0.1) is 6.92 Å². The van der Waals surface area contributed by atoms with Gasteiger partial charge >= 0.3 is 0 Å². The molecule has 0 atom stereocenters. The van der Waals surface area contributed by atoms with Crippen molar-refractivity contribution in [2.75, 3.05) is 0 Å². The topological polar surface area (TPSA) is 26.0 Å². The molecule has 1 aromatic carbocycles. The molecule has 0 fully saturated rings. The van der Waals surface area contributed by atoms with E-state index in [9.17, 15) is 0 Å². The van der Waals surface area contributed by atoms with Gasteiger partial charge in [-0.3, -0.25) is 0 Å². The first-order valence-electron chi connectivity index (χ1n) is 4.73. The fourth-order valence-corrected chi connectivity index (χ4v) is 0.782. The maximum absolute atomic E-state index is 5.08. The third-order valence-electron chi connectivity index (χ3n) is 1.75. The smallest absolute Gasteiger partial charge is 0.00598 e. The van der Waals surface area contributed by atoms with Crippen LogP contribution in [0.1, 0.15) is 19.4 Å². The fourth-order valence-electron chi connectivity index (χ4n) is 0.782. The molecular formula is C13H19N. The third-order valence-corrected chi connectivity index (χ3v) is 1.75. The molecule has 1 heteroatoms. The molecule has 0 aliphatic rings. The van der Waals surface area contributed by atoms with E-state index >= 15 is 0 Å². The molecular weight excluding hydrogens is 170 g/mol. The number of rotatable bonds is 1. The lowest BCUT2D eigenvalue weighted by Crippen LogP contribution is -1.75. The van der Waals surface area contributed by atoms with Gasteiger partial charge in [0.05, 0.1) is 0 Å². The van der Waals surface area contributed by atoms with E-state index in [0.29, 0.717) is 0 Å². The van der Waals surface area contributed by atoms with Crippen LogP contribution in [0.3, 0.4) is 0 Å². The van der Waals surface area contributed by atoms with Gasteiger partial charge in [-0.1, -0.05) is 47.5 Å². The molecule has 0 saturated carbocycles. The highest BCUT2D eigenvalue weighted by molar-refractivity contribution is 5.13. The first-order chi connectivity index (χ1) is 6.70. The molecule has 14 heavy (non-hydrogen) atoms. The molecule has 0 amide bonds. The fraction of sp³-hybridized carbons (Fsp3) is 0.231. The van der Waals surface area contributed by atoms with Crippen LogP contribution in [-0.2, 0) is 0 Å². The Bertz CT molecular complexity index is 283. The Morgan fingerprint density at radius 3 is 2.00 bits per heavy atom. The summed E-state index contributed by atoms with van der Waals surface area (Å²) < 4.78 is 0. The second kappa shape index (κ2) is 8.11. The van der Waals surface area contributed by atoms with Crippen molar-refractivity contribution in [3.05, 3.63) is 59.8 Å². The normalized spacial score (nSPS) is 10.9. The molecule has 0 unspecified atom stereocenters. The van der Waals surface area contributed by atoms with Crippen molar-refractivity contribution in [3.8, 4) is 0 Å². The summed E-state index contributed by atoms with van der Waals surface area (Å²) in [4.78, 5) is 0. The van der Waals surface area contributed by atoms with Gasteiger partial charge in [0, 0.05) is 0 Å². The third kappa shape index (κ3) is 7.17. The van der Waals surface area contributed by atoms with Crippen LogP contribution >= 0.6 is 0 Å². The Morgan fingerprint density at radius 2 is 1.79 bits per heavy atom. The van der Waals surface area contributed by atoms with Crippen molar-refractivity contribution in [2.45, 2.75) is 20.8 Å². The standard InChI is InChI=1S/C7H8.C6H11N/c1-7-5-3-2-4-6-7;1-3-6(2)4-5-7/h2-6H,1H3;3-5H,7H2,1-2H3/b;5-4-,6-3-. The van der Waals surface area contributed by atoms with Crippen LogP contribution < -0.4 is 5.73 Å². The van der Waals surface area contributed by atoms with Crippen LogP contribution in [0.4, 0.5) is 0 Å². The molecule has 1 rings (SSSR count). The summed E-state index contributed by atoms with van der Waals surface area (Å²) in [7, 11) is 0. The van der Waals surface area contributed by atoms with Crippen molar-refractivity contribution in [2.24, 2.45) is 5.73 Å². The second-order valence-electron chi connectivity index (χ2n) is 3.05. The van der Waals surface area contributed by atoms with Gasteiger partial charge in [-0.15, -0.1) is 0 Å². The molecule has 0 aromatic heterocycles. The maximum Gasteiger partial charge on any atom is -0.00598 e. The lowest BCUT2D eigenvalue weighted by atomic mass is 10.2.